The lowest BCUT2D eigenvalue weighted by Crippen LogP contribution is -2.07. The molecular formula is C16H12N2. The summed E-state index contributed by atoms with van der Waals surface area (Å²) in [7, 11) is 0. The van der Waals surface area contributed by atoms with Gasteiger partial charge in [0.15, 0.2) is 0 Å². The zero-order valence-electron chi connectivity index (χ0n) is 9.80. The molecule has 4 aromatic rings. The molecular weight excluding hydrogens is 220 g/mol. The van der Waals surface area contributed by atoms with E-state index in [1.807, 2.05) is 6.07 Å². The minimum atomic E-state index is 1.17. The second-order valence-corrected chi connectivity index (χ2v) is 4.50. The number of aromatic nitrogens is 2. The minimum Gasteiger partial charge on any atom is -0.292 e. The van der Waals surface area contributed by atoms with E-state index in [2.05, 4.69) is 70.4 Å². The van der Waals surface area contributed by atoms with Crippen molar-refractivity contribution < 1.29 is 0 Å². The highest BCUT2D eigenvalue weighted by Crippen LogP contribution is 2.23. The smallest absolute Gasteiger partial charge is 0.0880 e. The third kappa shape index (κ3) is 1.29. The molecule has 1 N–H and O–H groups in total. The van der Waals surface area contributed by atoms with Crippen LogP contribution in [0.5, 0.6) is 0 Å². The lowest BCUT2D eigenvalue weighted by Gasteiger charge is -2.16. The molecule has 0 radical (unpaired) electrons. The molecule has 0 aliphatic rings. The predicted molar refractivity (Wildman–Crippen MR) is 75.1 cm³/mol. The Hall–Kier alpha value is -2.48. The highest BCUT2D eigenvalue weighted by molar-refractivity contribution is 5.86. The number of rotatable bonds is 1. The first-order chi connectivity index (χ1) is 8.92. The fourth-order valence-corrected chi connectivity index (χ4v) is 2.41. The summed E-state index contributed by atoms with van der Waals surface area (Å²) < 4.78 is 2.11. The van der Waals surface area contributed by atoms with E-state index in [9.17, 15) is 0 Å². The molecule has 3 aromatic carbocycles. The number of hydrogen-bond donors (Lipinski definition) is 1. The first kappa shape index (κ1) is 9.54. The van der Waals surface area contributed by atoms with Crippen LogP contribution in [0.1, 0.15) is 0 Å². The molecule has 18 heavy (non-hydrogen) atoms. The summed E-state index contributed by atoms with van der Waals surface area (Å²) in [6, 6.07) is 23.3. The number of para-hydroxylation sites is 2. The van der Waals surface area contributed by atoms with E-state index in [0.717, 1.165) is 0 Å². The third-order valence-corrected chi connectivity index (χ3v) is 3.37. The Labute approximate surface area is 104 Å². The Morgan fingerprint density at radius 3 is 2.39 bits per heavy atom. The number of H-pyrrole nitrogens is 1. The van der Waals surface area contributed by atoms with Gasteiger partial charge in [0, 0.05) is 0 Å². The monoisotopic (exact) mass is 232 g/mol. The van der Waals surface area contributed by atoms with Crippen LogP contribution < -0.4 is 0 Å². The lowest BCUT2D eigenvalue weighted by atomic mass is 10.1. The molecule has 0 spiro atoms. The van der Waals surface area contributed by atoms with Gasteiger partial charge >= 0.3 is 0 Å². The van der Waals surface area contributed by atoms with E-state index in [4.69, 9.17) is 0 Å². The third-order valence-electron chi connectivity index (χ3n) is 3.37. The number of aromatic amines is 1. The highest BCUT2D eigenvalue weighted by Gasteiger charge is 2.06. The van der Waals surface area contributed by atoms with Gasteiger partial charge in [0.1, 0.15) is 0 Å². The summed E-state index contributed by atoms with van der Waals surface area (Å²) in [5, 5.41) is 5.88. The summed E-state index contributed by atoms with van der Waals surface area (Å²) in [5.74, 6) is 0. The van der Waals surface area contributed by atoms with Gasteiger partial charge in [0.05, 0.1) is 16.7 Å². The Kier molecular flexibility index (Phi) is 1.86. The molecule has 4 rings (SSSR count). The van der Waals surface area contributed by atoms with Crippen LogP contribution in [0.4, 0.5) is 0 Å². The normalized spacial score (nSPS) is 11.3. The van der Waals surface area contributed by atoms with E-state index in [1.54, 1.807) is 0 Å². The van der Waals surface area contributed by atoms with E-state index in [-0.39, 0.29) is 0 Å². The maximum atomic E-state index is 3.34. The zero-order chi connectivity index (χ0) is 11.9. The minimum absolute atomic E-state index is 1.17. The van der Waals surface area contributed by atoms with Crippen molar-refractivity contribution >= 4 is 21.8 Å². The maximum Gasteiger partial charge on any atom is 0.0880 e. The number of fused-ring (bicyclic) bond motifs is 2. The van der Waals surface area contributed by atoms with Crippen molar-refractivity contribution in [3.05, 3.63) is 66.7 Å². The van der Waals surface area contributed by atoms with Gasteiger partial charge in [0.25, 0.3) is 0 Å². The topological polar surface area (TPSA) is 20.7 Å². The number of benzene rings is 3. The summed E-state index contributed by atoms with van der Waals surface area (Å²) in [6.45, 7) is 0. The van der Waals surface area contributed by atoms with E-state index in [0.29, 0.717) is 0 Å². The van der Waals surface area contributed by atoms with Gasteiger partial charge in [-0.05, 0) is 35.0 Å². The van der Waals surface area contributed by atoms with Crippen molar-refractivity contribution in [3.8, 4) is 5.69 Å². The molecule has 0 aliphatic carbocycles. The fraction of sp³-hybridized carbons (Fsp3) is 0. The first-order valence-electron chi connectivity index (χ1n) is 6.06. The second-order valence-electron chi connectivity index (χ2n) is 4.50. The van der Waals surface area contributed by atoms with E-state index >= 15 is 0 Å². The molecule has 2 nitrogen and oxygen atoms in total. The molecule has 0 unspecified atom stereocenters. The average Bonchev–Trinajstić information content (AvgIpc) is 2.40. The van der Waals surface area contributed by atoms with Crippen molar-refractivity contribution in [2.24, 2.45) is 0 Å². The van der Waals surface area contributed by atoms with Crippen LogP contribution in [0.3, 0.4) is 0 Å². The summed E-state index contributed by atoms with van der Waals surface area (Å²) >= 11 is 0. The molecule has 0 aliphatic heterocycles. The molecule has 0 saturated heterocycles. The quantitative estimate of drug-likeness (QED) is 0.510. The van der Waals surface area contributed by atoms with E-state index in [1.165, 1.54) is 27.5 Å². The van der Waals surface area contributed by atoms with Gasteiger partial charge < -0.3 is 0 Å². The van der Waals surface area contributed by atoms with Crippen molar-refractivity contribution in [2.75, 3.05) is 0 Å². The standard InChI is InChI=1S/C16H12N2/c1-2-6-13-11-14(10-9-12(13)5-1)18-16-8-4-3-7-15(16)17-18/h1-11,17H. The van der Waals surface area contributed by atoms with Crippen molar-refractivity contribution in [1.29, 1.82) is 0 Å². The number of nitrogens with one attached hydrogen (secondary N) is 1. The largest absolute Gasteiger partial charge is 0.292 e. The Bertz CT molecular complexity index is 836. The summed E-state index contributed by atoms with van der Waals surface area (Å²) in [4.78, 5) is 0. The van der Waals surface area contributed by atoms with Crippen LogP contribution in [-0.4, -0.2) is 9.78 Å². The molecule has 86 valence electrons. The molecule has 0 bridgehead atoms. The number of hydrogen-bond acceptors (Lipinski definition) is 0. The Morgan fingerprint density at radius 1 is 0.722 bits per heavy atom. The maximum absolute atomic E-state index is 3.34. The Balaban J connectivity index is 1.93. The van der Waals surface area contributed by atoms with Gasteiger partial charge in [-0.3, -0.25) is 9.78 Å². The average molecular weight is 232 g/mol. The molecule has 1 aromatic heterocycles. The van der Waals surface area contributed by atoms with Crippen LogP contribution in [0.2, 0.25) is 0 Å². The van der Waals surface area contributed by atoms with Crippen LogP contribution in [-0.2, 0) is 0 Å². The Morgan fingerprint density at radius 2 is 1.50 bits per heavy atom. The number of nitrogens with zero attached hydrogens (tertiary/aromatic N) is 1. The molecule has 0 atom stereocenters. The first-order valence-corrected chi connectivity index (χ1v) is 6.06. The summed E-state index contributed by atoms with van der Waals surface area (Å²) in [6.07, 6.45) is 0. The predicted octanol–water partition coefficient (Wildman–Crippen LogP) is 4.11. The van der Waals surface area contributed by atoms with Crippen LogP contribution in [0.25, 0.3) is 27.5 Å². The molecule has 0 fully saturated rings. The van der Waals surface area contributed by atoms with Crippen molar-refractivity contribution in [3.63, 3.8) is 0 Å². The van der Waals surface area contributed by atoms with Gasteiger partial charge in [-0.15, -0.1) is 0 Å². The lowest BCUT2D eigenvalue weighted by molar-refractivity contribution is 0.871. The zero-order valence-corrected chi connectivity index (χ0v) is 9.80. The van der Waals surface area contributed by atoms with Gasteiger partial charge in [0.2, 0.25) is 0 Å². The SMILES string of the molecule is c1ccc2cc(-n3[nH]c4ccccc43)ccc2c1. The molecule has 1 heterocycles. The van der Waals surface area contributed by atoms with Crippen LogP contribution in [0, 0.1) is 0 Å². The van der Waals surface area contributed by atoms with Crippen molar-refractivity contribution in [1.82, 2.24) is 9.78 Å². The van der Waals surface area contributed by atoms with Gasteiger partial charge in [-0.25, -0.2) is 0 Å². The second kappa shape index (κ2) is 3.50. The van der Waals surface area contributed by atoms with E-state index < -0.39 is 0 Å². The van der Waals surface area contributed by atoms with Gasteiger partial charge in [-0.2, -0.15) is 0 Å². The fourth-order valence-electron chi connectivity index (χ4n) is 2.41. The van der Waals surface area contributed by atoms with Crippen molar-refractivity contribution in [2.45, 2.75) is 0 Å². The molecule has 0 saturated carbocycles. The molecule has 2 heteroatoms. The molecule has 0 amide bonds. The van der Waals surface area contributed by atoms with Crippen LogP contribution in [0.15, 0.2) is 66.7 Å². The van der Waals surface area contributed by atoms with Gasteiger partial charge in [-0.1, -0.05) is 42.5 Å². The highest BCUT2D eigenvalue weighted by atomic mass is 15.3. The van der Waals surface area contributed by atoms with Crippen LogP contribution >= 0.6 is 0 Å². The summed E-state index contributed by atoms with van der Waals surface area (Å²) in [5.41, 5.74) is 3.59.